The first-order chi connectivity index (χ1) is 0. The van der Waals surface area contributed by atoms with Crippen molar-refractivity contribution in [3.63, 3.8) is 0 Å². The van der Waals surface area contributed by atoms with E-state index in [1.54, 1.807) is 0 Å². The Balaban J connectivity index is 0. The van der Waals surface area contributed by atoms with Gasteiger partial charge in [0.2, 0.25) is 0 Å². The van der Waals surface area contributed by atoms with Crippen LogP contribution in [-0.2, 0) is 0 Å². The molecule has 8 N–H and O–H groups in total. The van der Waals surface area contributed by atoms with Crippen LogP contribution in [0.5, 0.6) is 0 Å². The van der Waals surface area contributed by atoms with Crippen molar-refractivity contribution >= 4 is 9.90 Å². The topological polar surface area (TPSA) is 102 Å². The average Bonchev–Trinajstić information content (AvgIpc) is 0. The first-order valence-corrected chi connectivity index (χ1v) is 0. The van der Waals surface area contributed by atoms with Gasteiger partial charge in [0.25, 0.3) is 0 Å². The molecule has 0 saturated heterocycles. The van der Waals surface area contributed by atoms with Crippen LogP contribution in [0.1, 0.15) is 0 Å². The third-order valence-corrected chi connectivity index (χ3v) is 0. The number of rotatable bonds is 0. The fourth-order valence-electron chi connectivity index (χ4n) is 0. The molecule has 0 heterocycles. The zero-order valence-electron chi connectivity index (χ0n) is 2.62. The summed E-state index contributed by atoms with van der Waals surface area (Å²) in [5, 5.41) is 0. The minimum absolute atomic E-state index is 0. The van der Waals surface area contributed by atoms with E-state index in [1.807, 2.05) is 0 Å². The van der Waals surface area contributed by atoms with Crippen molar-refractivity contribution in [2.24, 2.45) is 0 Å². The maximum atomic E-state index is 0. The summed E-state index contributed by atoms with van der Waals surface area (Å²) < 4.78 is 0. The van der Waals surface area contributed by atoms with Crippen molar-refractivity contribution < 1.29 is 5.48 Å². The predicted molar refractivity (Wildman–Crippen MR) is 24.8 cm³/mol. The lowest BCUT2D eigenvalue weighted by Crippen LogP contribution is -0.482. The Morgan fingerprint density at radius 3 is 0.750 bits per heavy atom. The third-order valence-electron chi connectivity index (χ3n) is 0. The largest absolute Gasteiger partial charge is 0.412 e. The lowest BCUT2D eigenvalue weighted by molar-refractivity contribution is 0.824. The van der Waals surface area contributed by atoms with Gasteiger partial charge in [0.15, 0.2) is 0 Å². The highest BCUT2D eigenvalue weighted by molar-refractivity contribution is 6.92. The highest BCUT2D eigenvalue weighted by Crippen LogP contribution is 0.861. The van der Waals surface area contributed by atoms with Gasteiger partial charge in [-0.15, -0.1) is 0 Å². The van der Waals surface area contributed by atoms with Gasteiger partial charge in [-0.05, 0) is 0 Å². The molecule has 0 rings (SSSR count). The summed E-state index contributed by atoms with van der Waals surface area (Å²) in [7, 11) is 0. The van der Waals surface area contributed by atoms with Crippen LogP contribution >= 0.6 is 9.90 Å². The van der Waals surface area contributed by atoms with Crippen LogP contribution in [0.3, 0.4) is 0 Å². The molecule has 4 heavy (non-hydrogen) atoms. The monoisotopic (exact) mass is 86.1 g/mol. The van der Waals surface area contributed by atoms with Crippen molar-refractivity contribution in [1.82, 2.24) is 12.3 Å². The second kappa shape index (κ2) is 184. The van der Waals surface area contributed by atoms with E-state index in [-0.39, 0.29) is 27.7 Å². The Morgan fingerprint density at radius 2 is 0.750 bits per heavy atom. The van der Waals surface area contributed by atoms with Gasteiger partial charge in [0, 0.05) is 0 Å². The molecule has 0 saturated carbocycles. The van der Waals surface area contributed by atoms with Crippen LogP contribution in [0.15, 0.2) is 0 Å². The Hall–Kier alpha value is 0.310. The third kappa shape index (κ3) is 41.3. The Kier molecular flexibility index (Phi) is 22600. The van der Waals surface area contributed by atoms with Crippen molar-refractivity contribution in [2.75, 3.05) is 0 Å². The molecular weight excluding hydrogens is 75.0 g/mol. The van der Waals surface area contributed by atoms with Gasteiger partial charge >= 0.3 is 0 Å². The zero-order chi connectivity index (χ0) is 0. The maximum absolute atomic E-state index is 0. The highest BCUT2D eigenvalue weighted by Gasteiger charge is -0.153. The van der Waals surface area contributed by atoms with E-state index < -0.39 is 0 Å². The van der Waals surface area contributed by atoms with Gasteiger partial charge in [-0.25, -0.2) is 0 Å². The zero-order valence-corrected chi connectivity index (χ0v) is 4.04. The molecular formula is H11N2OP. The predicted octanol–water partition coefficient (Wildman–Crippen LogP) is -0.443. The molecule has 0 aromatic rings. The minimum Gasteiger partial charge on any atom is -0.412 e. The molecule has 4 heteroatoms. The van der Waals surface area contributed by atoms with Crippen LogP contribution in [0.2, 0.25) is 0 Å². The van der Waals surface area contributed by atoms with Gasteiger partial charge in [-0.1, -0.05) is 0 Å². The van der Waals surface area contributed by atoms with Crippen molar-refractivity contribution in [3.8, 4) is 0 Å². The normalized spacial score (nSPS) is 0. The fourth-order valence-corrected chi connectivity index (χ4v) is 0. The summed E-state index contributed by atoms with van der Waals surface area (Å²) in [5.74, 6) is 0. The fraction of sp³-hybridized carbons (Fsp3) is 0. The molecule has 0 aromatic carbocycles. The molecule has 3 nitrogen and oxygen atoms in total. The van der Waals surface area contributed by atoms with Crippen molar-refractivity contribution in [2.45, 2.75) is 0 Å². The molecule has 0 spiro atoms. The molecule has 0 fully saturated rings. The van der Waals surface area contributed by atoms with Crippen LogP contribution < -0.4 is 12.3 Å². The summed E-state index contributed by atoms with van der Waals surface area (Å²) in [6, 6.07) is 0. The van der Waals surface area contributed by atoms with Crippen LogP contribution in [0.4, 0.5) is 0 Å². The lowest BCUT2D eigenvalue weighted by atomic mass is 14.0. The molecule has 0 amide bonds. The smallest absolute Gasteiger partial charge is 0.153 e. The van der Waals surface area contributed by atoms with E-state index in [4.69, 9.17) is 0 Å². The van der Waals surface area contributed by atoms with Crippen molar-refractivity contribution in [3.05, 3.63) is 0 Å². The van der Waals surface area contributed by atoms with Crippen LogP contribution in [0, 0.1) is 0 Å². The van der Waals surface area contributed by atoms with E-state index in [2.05, 4.69) is 0 Å². The van der Waals surface area contributed by atoms with E-state index >= 15 is 0 Å². The number of hydrogen-bond donors (Lipinski definition) is 2. The van der Waals surface area contributed by atoms with Crippen molar-refractivity contribution in [1.29, 1.82) is 0 Å². The molecule has 0 aromatic heterocycles. The van der Waals surface area contributed by atoms with Gasteiger partial charge in [0.05, 0.1) is 0 Å². The standard InChI is InChI=1S/2H3N.H2O.H3P/h2*1H3;1H2;1H3. The van der Waals surface area contributed by atoms with E-state index in [1.165, 1.54) is 0 Å². The maximum Gasteiger partial charge on any atom is -0.153 e. The van der Waals surface area contributed by atoms with Gasteiger partial charge in [0.1, 0.15) is 0 Å². The van der Waals surface area contributed by atoms with E-state index in [0.717, 1.165) is 0 Å². The molecule has 1 unspecified atom stereocenters. The highest BCUT2D eigenvalue weighted by atomic mass is 31.0. The summed E-state index contributed by atoms with van der Waals surface area (Å²) >= 11 is 0. The number of hydrogen-bond acceptors (Lipinski definition) is 2. The quantitative estimate of drug-likeness (QED) is 0.390. The second-order valence-corrected chi connectivity index (χ2v) is 0. The van der Waals surface area contributed by atoms with Gasteiger partial charge in [-0.2, -0.15) is 9.90 Å². The second-order valence-electron chi connectivity index (χ2n) is 0. The summed E-state index contributed by atoms with van der Waals surface area (Å²) in [4.78, 5) is 0. The Bertz CT molecular complexity index is 6.00. The summed E-state index contributed by atoms with van der Waals surface area (Å²) in [6.07, 6.45) is 0. The molecule has 0 aliphatic carbocycles. The SMILES string of the molecule is N.N.O.P. The van der Waals surface area contributed by atoms with E-state index in [0.29, 0.717) is 0 Å². The first-order valence-electron chi connectivity index (χ1n) is 0. The molecule has 0 bridgehead atoms. The Labute approximate surface area is 28.9 Å². The molecule has 32 valence electrons. The summed E-state index contributed by atoms with van der Waals surface area (Å²) in [5.41, 5.74) is 0. The van der Waals surface area contributed by atoms with Crippen LogP contribution in [0.25, 0.3) is 0 Å². The average molecular weight is 86.1 g/mol. The van der Waals surface area contributed by atoms with Crippen LogP contribution in [-0.4, -0.2) is 5.48 Å². The molecule has 0 aliphatic rings. The van der Waals surface area contributed by atoms with E-state index in [9.17, 15) is 0 Å². The first kappa shape index (κ1) is 491. The van der Waals surface area contributed by atoms with Gasteiger partial charge < -0.3 is 17.8 Å². The molecule has 1 atom stereocenters. The van der Waals surface area contributed by atoms with Gasteiger partial charge in [-0.3, -0.25) is 0 Å². The molecule has 0 aliphatic heterocycles. The lowest BCUT2D eigenvalue weighted by Gasteiger charge is -0.412. The minimum atomic E-state index is 0. The Morgan fingerprint density at radius 1 is 0.750 bits per heavy atom. The molecule has 0 radical (unpaired) electrons. The summed E-state index contributed by atoms with van der Waals surface area (Å²) in [6.45, 7) is 0.